The molecule has 1 saturated heterocycles. The molecule has 1 fully saturated rings. The first-order valence-corrected chi connectivity index (χ1v) is 29.7. The molecule has 1 amide bonds. The van der Waals surface area contributed by atoms with E-state index in [1.54, 1.807) is 6.08 Å². The molecule has 0 aromatic carbocycles. The number of aliphatic hydroxyl groups excluding tert-OH is 5. The van der Waals surface area contributed by atoms with Gasteiger partial charge in [-0.3, -0.25) is 9.59 Å². The number of carbonyl (C=O) groups is 2. The Morgan fingerprint density at radius 1 is 0.547 bits per heavy atom. The highest BCUT2D eigenvalue weighted by atomic mass is 16.7. The molecule has 1 rings (SSSR count). The molecule has 75 heavy (non-hydrogen) atoms. The standard InChI is InChI=1S/C64H107NO10/c1-4-7-10-13-16-19-22-25-26-27-28-29-30-31-32-34-37-40-43-46-49-52-59(69)75-62-61(71)60(70)58(53-66)74-64(62)73-54-55(56(67)50-47-44-41-38-36-33-23-20-17-14-11-8-5-2)65-63(72)57(68)51-48-45-42-39-35-24-21-18-15-12-9-6-3/h9,12,15-16,18-19,21,24-26,28-29,35,39,42,45,47,50,55-58,60-62,64,66-68,70-71H,4-8,10-11,13-14,17,20,22-23,27,30-34,36-38,40-41,43-44,46,48-49,51-54H2,1-3H3,(H,65,72)/b12-9+,18-15+,19-16-,24-21-,26-25-,29-28-,39-35-,45-42+,50-47+. The van der Waals surface area contributed by atoms with Gasteiger partial charge >= 0.3 is 5.97 Å². The van der Waals surface area contributed by atoms with Crippen molar-refractivity contribution in [3.8, 4) is 0 Å². The number of carbonyl (C=O) groups excluding carboxylic acids is 2. The van der Waals surface area contributed by atoms with E-state index in [4.69, 9.17) is 14.2 Å². The van der Waals surface area contributed by atoms with E-state index in [-0.39, 0.29) is 19.4 Å². The first-order chi connectivity index (χ1) is 36.7. The number of hydrogen-bond acceptors (Lipinski definition) is 10. The smallest absolute Gasteiger partial charge is 0.306 e. The molecule has 11 nitrogen and oxygen atoms in total. The van der Waals surface area contributed by atoms with Crippen molar-refractivity contribution in [1.82, 2.24) is 5.32 Å². The highest BCUT2D eigenvalue weighted by Crippen LogP contribution is 2.26. The molecule has 428 valence electrons. The number of ether oxygens (including phenoxy) is 3. The van der Waals surface area contributed by atoms with Gasteiger partial charge in [0.05, 0.1) is 25.4 Å². The predicted octanol–water partition coefficient (Wildman–Crippen LogP) is 13.7. The van der Waals surface area contributed by atoms with Crippen molar-refractivity contribution in [2.45, 2.75) is 269 Å². The van der Waals surface area contributed by atoms with E-state index in [1.165, 1.54) is 96.3 Å². The van der Waals surface area contributed by atoms with Crippen LogP contribution in [0.1, 0.15) is 220 Å². The van der Waals surface area contributed by atoms with Gasteiger partial charge < -0.3 is 45.1 Å². The Balaban J connectivity index is 2.72. The second-order valence-corrected chi connectivity index (χ2v) is 20.1. The van der Waals surface area contributed by atoms with E-state index in [0.29, 0.717) is 12.8 Å². The van der Waals surface area contributed by atoms with Crippen molar-refractivity contribution >= 4 is 11.9 Å². The van der Waals surface area contributed by atoms with E-state index in [1.807, 2.05) is 60.8 Å². The van der Waals surface area contributed by atoms with Gasteiger partial charge in [-0.15, -0.1) is 0 Å². The monoisotopic (exact) mass is 1050 g/mol. The van der Waals surface area contributed by atoms with Gasteiger partial charge in [0.25, 0.3) is 0 Å². The van der Waals surface area contributed by atoms with E-state index in [9.17, 15) is 35.1 Å². The molecular formula is C64H107NO10. The zero-order valence-corrected chi connectivity index (χ0v) is 47.1. The average Bonchev–Trinajstić information content (AvgIpc) is 3.41. The van der Waals surface area contributed by atoms with Crippen LogP contribution in [-0.2, 0) is 23.8 Å². The molecule has 8 unspecified atom stereocenters. The van der Waals surface area contributed by atoms with E-state index < -0.39 is 67.4 Å². The molecule has 1 aliphatic rings. The normalized spacial score (nSPS) is 20.0. The van der Waals surface area contributed by atoms with Crippen LogP contribution in [0.5, 0.6) is 0 Å². The first kappa shape index (κ1) is 69.3. The molecule has 0 radical (unpaired) electrons. The number of hydrogen-bond donors (Lipinski definition) is 6. The van der Waals surface area contributed by atoms with Crippen LogP contribution in [0.2, 0.25) is 0 Å². The molecule has 0 saturated carbocycles. The van der Waals surface area contributed by atoms with Crippen LogP contribution >= 0.6 is 0 Å². The number of aliphatic hydroxyl groups is 5. The van der Waals surface area contributed by atoms with Crippen LogP contribution in [0.3, 0.4) is 0 Å². The van der Waals surface area contributed by atoms with Gasteiger partial charge in [-0.2, -0.15) is 0 Å². The molecular weight excluding hydrogens is 943 g/mol. The minimum absolute atomic E-state index is 0.100. The lowest BCUT2D eigenvalue weighted by Gasteiger charge is -2.41. The first-order valence-electron chi connectivity index (χ1n) is 29.7. The minimum Gasteiger partial charge on any atom is -0.454 e. The van der Waals surface area contributed by atoms with E-state index >= 15 is 0 Å². The number of unbranched alkanes of at least 4 members (excludes halogenated alkanes) is 22. The topological polar surface area (TPSA) is 175 Å². The van der Waals surface area contributed by atoms with Crippen molar-refractivity contribution in [2.24, 2.45) is 0 Å². The third kappa shape index (κ3) is 39.4. The highest BCUT2D eigenvalue weighted by molar-refractivity contribution is 5.80. The summed E-state index contributed by atoms with van der Waals surface area (Å²) < 4.78 is 17.5. The SMILES string of the molecule is CC/C=C/C=C/C=C\C=C/C=C/CCC(O)C(=O)NC(COC1OC(CO)C(O)C(O)C1OC(=O)CCCCCCCCCC/C=C\C/C=C\C/C=C\CCCCC)C(O)/C=C/CCCCCCCCCCCCC. The lowest BCUT2D eigenvalue weighted by molar-refractivity contribution is -0.305. The van der Waals surface area contributed by atoms with Crippen LogP contribution in [0.15, 0.2) is 109 Å². The zero-order valence-electron chi connectivity index (χ0n) is 47.1. The van der Waals surface area contributed by atoms with E-state index in [0.717, 1.165) is 77.0 Å². The van der Waals surface area contributed by atoms with Crippen molar-refractivity contribution < 1.29 is 49.3 Å². The third-order valence-electron chi connectivity index (χ3n) is 13.3. The van der Waals surface area contributed by atoms with Gasteiger partial charge in [-0.1, -0.05) is 246 Å². The summed E-state index contributed by atoms with van der Waals surface area (Å²) in [6, 6.07) is -1.07. The summed E-state index contributed by atoms with van der Waals surface area (Å²) in [4.78, 5) is 26.4. The largest absolute Gasteiger partial charge is 0.454 e. The maximum atomic E-state index is 13.3. The van der Waals surface area contributed by atoms with Crippen molar-refractivity contribution in [3.05, 3.63) is 109 Å². The lowest BCUT2D eigenvalue weighted by Crippen LogP contribution is -2.61. The molecule has 6 N–H and O–H groups in total. The maximum absolute atomic E-state index is 13.3. The fourth-order valence-corrected chi connectivity index (χ4v) is 8.57. The number of esters is 1. The Hall–Kier alpha value is -3.68. The maximum Gasteiger partial charge on any atom is 0.306 e. The molecule has 0 aromatic heterocycles. The Morgan fingerprint density at radius 3 is 1.56 bits per heavy atom. The molecule has 0 aromatic rings. The summed E-state index contributed by atoms with van der Waals surface area (Å²) >= 11 is 0. The molecule has 0 aliphatic carbocycles. The summed E-state index contributed by atoms with van der Waals surface area (Å²) in [5, 5.41) is 56.7. The summed E-state index contributed by atoms with van der Waals surface area (Å²) in [6.07, 6.45) is 58.6. The fourth-order valence-electron chi connectivity index (χ4n) is 8.57. The van der Waals surface area contributed by atoms with Crippen LogP contribution < -0.4 is 5.32 Å². The van der Waals surface area contributed by atoms with Crippen molar-refractivity contribution in [1.29, 1.82) is 0 Å². The summed E-state index contributed by atoms with van der Waals surface area (Å²) in [5.41, 5.74) is 0. The van der Waals surface area contributed by atoms with Crippen molar-refractivity contribution in [3.63, 3.8) is 0 Å². The van der Waals surface area contributed by atoms with Crippen LogP contribution in [0.4, 0.5) is 0 Å². The highest BCUT2D eigenvalue weighted by Gasteiger charge is 2.47. The van der Waals surface area contributed by atoms with Crippen LogP contribution in [0.25, 0.3) is 0 Å². The Labute approximate surface area is 456 Å². The molecule has 1 heterocycles. The number of nitrogens with one attached hydrogen (secondary N) is 1. The third-order valence-corrected chi connectivity index (χ3v) is 13.3. The Morgan fingerprint density at radius 2 is 1.01 bits per heavy atom. The summed E-state index contributed by atoms with van der Waals surface area (Å²) in [7, 11) is 0. The van der Waals surface area contributed by atoms with E-state index in [2.05, 4.69) is 68.6 Å². The summed E-state index contributed by atoms with van der Waals surface area (Å²) in [6.45, 7) is 5.54. The Bertz CT molecular complexity index is 1630. The lowest BCUT2D eigenvalue weighted by atomic mass is 9.99. The molecule has 11 heteroatoms. The second kappa shape index (κ2) is 51.1. The number of amides is 1. The zero-order chi connectivity index (χ0) is 54.7. The molecule has 0 spiro atoms. The predicted molar refractivity (Wildman–Crippen MR) is 310 cm³/mol. The quantitative estimate of drug-likeness (QED) is 0.0149. The van der Waals surface area contributed by atoms with Gasteiger partial charge in [0.1, 0.15) is 24.4 Å². The molecule has 1 aliphatic heterocycles. The van der Waals surface area contributed by atoms with Gasteiger partial charge in [0.15, 0.2) is 12.4 Å². The Kier molecular flexibility index (Phi) is 47.2. The van der Waals surface area contributed by atoms with Gasteiger partial charge in [0, 0.05) is 6.42 Å². The molecule has 8 atom stereocenters. The second-order valence-electron chi connectivity index (χ2n) is 20.1. The average molecular weight is 1050 g/mol. The van der Waals surface area contributed by atoms with Gasteiger partial charge in [-0.25, -0.2) is 0 Å². The van der Waals surface area contributed by atoms with Gasteiger partial charge in [0.2, 0.25) is 5.91 Å². The van der Waals surface area contributed by atoms with Crippen LogP contribution in [-0.4, -0.2) is 99.6 Å². The van der Waals surface area contributed by atoms with Crippen molar-refractivity contribution in [2.75, 3.05) is 13.2 Å². The summed E-state index contributed by atoms with van der Waals surface area (Å²) in [5.74, 6) is -1.29. The van der Waals surface area contributed by atoms with Gasteiger partial charge in [-0.05, 0) is 77.0 Å². The number of allylic oxidation sites excluding steroid dienone is 17. The minimum atomic E-state index is -1.64. The fraction of sp³-hybridized carbons (Fsp3) is 0.688. The number of rotatable bonds is 48. The van der Waals surface area contributed by atoms with Crippen LogP contribution in [0, 0.1) is 0 Å². The molecule has 0 bridgehead atoms.